The smallest absolute Gasteiger partial charge is 0.474 e. The van der Waals surface area contributed by atoms with Gasteiger partial charge in [0, 0.05) is 18.1 Å². The van der Waals surface area contributed by atoms with Crippen LogP contribution in [-0.2, 0) is 37.1 Å². The zero-order valence-electron chi connectivity index (χ0n) is 22.7. The van der Waals surface area contributed by atoms with E-state index in [0.717, 1.165) is 5.56 Å². The number of nitrogens with zero attached hydrogens (tertiary/aromatic N) is 4. The molecule has 2 aromatic heterocycles. The zero-order valence-corrected chi connectivity index (χ0v) is 24.4. The summed E-state index contributed by atoms with van der Waals surface area (Å²) in [5.41, 5.74) is 5.87. The van der Waals surface area contributed by atoms with E-state index in [9.17, 15) is 9.36 Å². The van der Waals surface area contributed by atoms with E-state index in [1.165, 1.54) is 6.33 Å². The minimum atomic E-state index is -4.02. The summed E-state index contributed by atoms with van der Waals surface area (Å²) in [6.45, 7) is 4.39. The van der Waals surface area contributed by atoms with E-state index in [2.05, 4.69) is 15.0 Å². The molecular formula is C25H29ClN5O10P. The molecule has 3 aliphatic heterocycles. The van der Waals surface area contributed by atoms with Crippen molar-refractivity contribution in [2.24, 2.45) is 0 Å². The van der Waals surface area contributed by atoms with Gasteiger partial charge in [0.25, 0.3) is 0 Å². The highest BCUT2D eigenvalue weighted by Gasteiger charge is 2.64. The lowest BCUT2D eigenvalue weighted by Gasteiger charge is -2.30. The van der Waals surface area contributed by atoms with Gasteiger partial charge in [-0.1, -0.05) is 23.7 Å². The highest BCUT2D eigenvalue weighted by molar-refractivity contribution is 7.48. The van der Waals surface area contributed by atoms with E-state index in [0.29, 0.717) is 30.2 Å². The van der Waals surface area contributed by atoms with Gasteiger partial charge in [-0.25, -0.2) is 14.3 Å². The van der Waals surface area contributed by atoms with Gasteiger partial charge in [0.1, 0.15) is 19.0 Å². The number of phosphoric acid groups is 1. The number of carbonyl (C=O) groups is 1. The van der Waals surface area contributed by atoms with Gasteiger partial charge in [0.15, 0.2) is 29.1 Å². The predicted molar refractivity (Wildman–Crippen MR) is 145 cm³/mol. The number of hydrogen-bond donors (Lipinski definition) is 1. The normalized spacial score (nSPS) is 30.7. The van der Waals surface area contributed by atoms with Crippen molar-refractivity contribution in [3.63, 3.8) is 0 Å². The predicted octanol–water partition coefficient (Wildman–Crippen LogP) is 3.97. The molecule has 226 valence electrons. The molecule has 6 rings (SSSR count). The van der Waals surface area contributed by atoms with Gasteiger partial charge in [-0.2, -0.15) is 9.97 Å². The highest BCUT2D eigenvalue weighted by Crippen LogP contribution is 2.58. The first-order valence-electron chi connectivity index (χ1n) is 13.3. The molecule has 2 N–H and O–H groups in total. The molecule has 0 bridgehead atoms. The number of phosphoric ester groups is 1. The Hall–Kier alpha value is -3.04. The van der Waals surface area contributed by atoms with Gasteiger partial charge in [0.05, 0.1) is 25.9 Å². The number of ether oxygens (including phenoxy) is 5. The van der Waals surface area contributed by atoms with Crippen LogP contribution in [0.3, 0.4) is 0 Å². The highest BCUT2D eigenvalue weighted by atomic mass is 35.5. The van der Waals surface area contributed by atoms with Gasteiger partial charge in [-0.3, -0.25) is 18.1 Å². The van der Waals surface area contributed by atoms with E-state index < -0.39 is 44.1 Å². The third kappa shape index (κ3) is 5.53. The SMILES string of the molecule is CCOCCOc1nc(N)nc2ncn([C@@H]3O[C@H](CO[P@@]4(=O)OCC[C@@H](c5cccc(Cl)c5)O4)[C@H]4OC(=O)O[C@]43C)c12. The Balaban J connectivity index is 1.23. The van der Waals surface area contributed by atoms with Crippen molar-refractivity contribution in [2.75, 3.05) is 38.8 Å². The van der Waals surface area contributed by atoms with Crippen molar-refractivity contribution in [1.29, 1.82) is 0 Å². The molecule has 0 amide bonds. The summed E-state index contributed by atoms with van der Waals surface area (Å²) >= 11 is 6.12. The van der Waals surface area contributed by atoms with Crippen LogP contribution in [0.4, 0.5) is 10.7 Å². The average Bonchev–Trinajstić information content (AvgIpc) is 3.58. The van der Waals surface area contributed by atoms with E-state index in [1.54, 1.807) is 29.7 Å². The van der Waals surface area contributed by atoms with Gasteiger partial charge >= 0.3 is 14.0 Å². The van der Waals surface area contributed by atoms with Crippen molar-refractivity contribution in [2.45, 2.75) is 50.4 Å². The van der Waals surface area contributed by atoms with E-state index >= 15 is 0 Å². The summed E-state index contributed by atoms with van der Waals surface area (Å²) in [6.07, 6.45) is -2.39. The number of benzene rings is 1. The van der Waals surface area contributed by atoms with Gasteiger partial charge in [-0.15, -0.1) is 0 Å². The summed E-state index contributed by atoms with van der Waals surface area (Å²) in [5, 5.41) is 0.522. The fourth-order valence-corrected chi connectivity index (χ4v) is 6.78. The van der Waals surface area contributed by atoms with Crippen molar-refractivity contribution in [3.05, 3.63) is 41.2 Å². The summed E-state index contributed by atoms with van der Waals surface area (Å²) in [4.78, 5) is 25.1. The van der Waals surface area contributed by atoms with Crippen molar-refractivity contribution < 1.29 is 46.6 Å². The first kappa shape index (κ1) is 29.1. The number of fused-ring (bicyclic) bond motifs is 2. The lowest BCUT2D eigenvalue weighted by Crippen LogP contribution is -2.42. The molecule has 1 aromatic carbocycles. The maximum atomic E-state index is 13.4. The van der Waals surface area contributed by atoms with Crippen molar-refractivity contribution in [1.82, 2.24) is 19.5 Å². The first-order chi connectivity index (χ1) is 20.2. The molecule has 3 aromatic rings. The summed E-state index contributed by atoms with van der Waals surface area (Å²) in [7, 11) is -4.02. The van der Waals surface area contributed by atoms with Crippen LogP contribution in [0, 0.1) is 0 Å². The van der Waals surface area contributed by atoms with Crippen LogP contribution < -0.4 is 10.5 Å². The quantitative estimate of drug-likeness (QED) is 0.194. The van der Waals surface area contributed by atoms with Crippen molar-refractivity contribution >= 4 is 42.7 Å². The molecule has 3 saturated heterocycles. The van der Waals surface area contributed by atoms with Crippen LogP contribution in [0.5, 0.6) is 5.88 Å². The van der Waals surface area contributed by atoms with Crippen molar-refractivity contribution in [3.8, 4) is 5.88 Å². The number of halogens is 1. The second kappa shape index (κ2) is 11.6. The second-order valence-electron chi connectivity index (χ2n) is 9.87. The van der Waals surface area contributed by atoms with Gasteiger partial charge in [0.2, 0.25) is 11.8 Å². The number of anilines is 1. The van der Waals surface area contributed by atoms with Crippen LogP contribution in [0.15, 0.2) is 30.6 Å². The Morgan fingerprint density at radius 2 is 2.14 bits per heavy atom. The molecule has 0 radical (unpaired) electrons. The molecule has 15 nitrogen and oxygen atoms in total. The van der Waals surface area contributed by atoms with Gasteiger partial charge in [-0.05, 0) is 31.5 Å². The number of carbonyl (C=O) groups excluding carboxylic acids is 1. The lowest BCUT2D eigenvalue weighted by atomic mass is 9.96. The summed E-state index contributed by atoms with van der Waals surface area (Å²) < 4.78 is 60.4. The van der Waals surface area contributed by atoms with E-state index in [4.69, 9.17) is 54.6 Å². The Labute approximate surface area is 245 Å². The largest absolute Gasteiger partial charge is 0.509 e. The van der Waals surface area contributed by atoms with Crippen LogP contribution >= 0.6 is 19.4 Å². The molecular weight excluding hydrogens is 597 g/mol. The van der Waals surface area contributed by atoms with Crippen LogP contribution in [0.2, 0.25) is 5.02 Å². The molecule has 3 aliphatic rings. The Kier molecular flexibility index (Phi) is 8.00. The number of nitrogens with two attached hydrogens (primary N) is 1. The monoisotopic (exact) mass is 625 g/mol. The number of nitrogen functional groups attached to an aromatic ring is 1. The minimum absolute atomic E-state index is 0.0363. The zero-order chi connectivity index (χ0) is 29.5. The van der Waals surface area contributed by atoms with Crippen LogP contribution in [0.1, 0.15) is 38.2 Å². The Morgan fingerprint density at radius 1 is 1.29 bits per heavy atom. The maximum Gasteiger partial charge on any atom is 0.509 e. The number of hydrogen-bond acceptors (Lipinski definition) is 14. The topological polar surface area (TPSA) is 178 Å². The van der Waals surface area contributed by atoms with Gasteiger partial charge < -0.3 is 29.4 Å². The summed E-state index contributed by atoms with van der Waals surface area (Å²) in [6, 6.07) is 7.06. The minimum Gasteiger partial charge on any atom is -0.474 e. The molecule has 6 atom stereocenters. The fourth-order valence-electron chi connectivity index (χ4n) is 5.19. The molecule has 17 heteroatoms. The number of imidazole rings is 1. The average molecular weight is 626 g/mol. The lowest BCUT2D eigenvalue weighted by molar-refractivity contribution is -0.0925. The van der Waals surface area contributed by atoms with Crippen LogP contribution in [-0.4, -0.2) is 76.5 Å². The fraction of sp³-hybridized carbons (Fsp3) is 0.520. The molecule has 0 spiro atoms. The molecule has 0 saturated carbocycles. The molecule has 5 heterocycles. The number of rotatable bonds is 10. The third-order valence-corrected chi connectivity index (χ3v) is 8.77. The van der Waals surface area contributed by atoms with E-state index in [-0.39, 0.29) is 37.3 Å². The Morgan fingerprint density at radius 3 is 2.95 bits per heavy atom. The molecule has 3 fully saturated rings. The summed E-state index contributed by atoms with van der Waals surface area (Å²) in [5.74, 6) is 0.106. The third-order valence-electron chi connectivity index (χ3n) is 7.06. The van der Waals surface area contributed by atoms with E-state index in [1.807, 2.05) is 13.0 Å². The maximum absolute atomic E-state index is 13.4. The Bertz CT molecular complexity index is 1530. The molecule has 42 heavy (non-hydrogen) atoms. The first-order valence-corrected chi connectivity index (χ1v) is 15.1. The molecule has 0 unspecified atom stereocenters. The number of aromatic nitrogens is 4. The second-order valence-corrected chi connectivity index (χ2v) is 11.9. The molecule has 0 aliphatic carbocycles. The standard InChI is InChI=1S/C25H29ClN5O10P/c1-3-34-9-10-35-21-18-20(29-23(27)30-21)28-13-31(18)22-25(2)19(39-24(32)40-25)17(38-22)12-37-42(33)36-8-7-16(41-42)14-5-4-6-15(26)11-14/h4-6,11,13,16-17,19,22H,3,7-10,12H2,1-2H3,(H2,27,29,30)/t16-,17+,19+,22+,25+,42+/m0/s1. The van der Waals surface area contributed by atoms with Crippen LogP contribution in [0.25, 0.3) is 11.2 Å².